The van der Waals surface area contributed by atoms with Crippen LogP contribution < -0.4 is 5.32 Å². The van der Waals surface area contributed by atoms with Gasteiger partial charge in [-0.1, -0.05) is 12.5 Å². The maximum atomic E-state index is 12.6. The number of nitrogens with one attached hydrogen (secondary N) is 1. The number of alkyl halides is 3. The van der Waals surface area contributed by atoms with Crippen molar-refractivity contribution in [1.29, 1.82) is 0 Å². The summed E-state index contributed by atoms with van der Waals surface area (Å²) in [6.45, 7) is 3.27. The predicted octanol–water partition coefficient (Wildman–Crippen LogP) is 4.30. The summed E-state index contributed by atoms with van der Waals surface area (Å²) in [4.78, 5) is 14.2. The van der Waals surface area contributed by atoms with Crippen LogP contribution in [0.5, 0.6) is 0 Å². The highest BCUT2D eigenvalue weighted by Gasteiger charge is 2.30. The molecule has 1 aliphatic heterocycles. The van der Waals surface area contributed by atoms with Crippen LogP contribution in [-0.4, -0.2) is 30.4 Å². The molecule has 0 unspecified atom stereocenters. The predicted molar refractivity (Wildman–Crippen MR) is 84.2 cm³/mol. The third-order valence-corrected chi connectivity index (χ3v) is 4.05. The maximum Gasteiger partial charge on any atom is 0.416 e. The Bertz CT molecular complexity index is 511. The third kappa shape index (κ3) is 6.22. The highest BCUT2D eigenvalue weighted by Crippen LogP contribution is 2.30. The first-order valence-electron chi connectivity index (χ1n) is 8.14. The van der Waals surface area contributed by atoms with Gasteiger partial charge in [-0.25, -0.2) is 0 Å². The average Bonchev–Trinajstić information content (AvgIpc) is 2.52. The number of anilines is 1. The minimum atomic E-state index is -4.39. The van der Waals surface area contributed by atoms with Crippen molar-refractivity contribution in [2.75, 3.05) is 25.0 Å². The zero-order valence-electron chi connectivity index (χ0n) is 13.2. The Morgan fingerprint density at radius 3 is 2.57 bits per heavy atom. The van der Waals surface area contributed by atoms with Gasteiger partial charge in [0.1, 0.15) is 0 Å². The largest absolute Gasteiger partial charge is 0.416 e. The summed E-state index contributed by atoms with van der Waals surface area (Å²) in [6.07, 6.45) is 1.43. The highest BCUT2D eigenvalue weighted by molar-refractivity contribution is 5.90. The van der Waals surface area contributed by atoms with Crippen LogP contribution in [0.1, 0.15) is 44.1 Å². The van der Waals surface area contributed by atoms with E-state index >= 15 is 0 Å². The Balaban J connectivity index is 1.70. The summed E-state index contributed by atoms with van der Waals surface area (Å²) in [5.74, 6) is -0.233. The minimum absolute atomic E-state index is 0.195. The molecule has 1 amide bonds. The molecule has 1 heterocycles. The molecule has 1 saturated heterocycles. The lowest BCUT2D eigenvalue weighted by Crippen LogP contribution is -2.30. The Morgan fingerprint density at radius 2 is 1.87 bits per heavy atom. The van der Waals surface area contributed by atoms with E-state index in [0.29, 0.717) is 6.42 Å². The van der Waals surface area contributed by atoms with Crippen molar-refractivity contribution >= 4 is 11.6 Å². The molecule has 1 fully saturated rings. The molecule has 1 aromatic rings. The topological polar surface area (TPSA) is 32.3 Å². The first kappa shape index (κ1) is 17.8. The number of hydrogen-bond donors (Lipinski definition) is 1. The number of amides is 1. The number of unbranched alkanes of at least 4 members (excludes halogenated alkanes) is 1. The van der Waals surface area contributed by atoms with Gasteiger partial charge in [-0.15, -0.1) is 0 Å². The van der Waals surface area contributed by atoms with Gasteiger partial charge in [0.15, 0.2) is 0 Å². The Morgan fingerprint density at radius 1 is 1.13 bits per heavy atom. The molecule has 1 N–H and O–H groups in total. The quantitative estimate of drug-likeness (QED) is 0.790. The normalized spacial score (nSPS) is 16.3. The van der Waals surface area contributed by atoms with Gasteiger partial charge in [0.25, 0.3) is 0 Å². The van der Waals surface area contributed by atoms with Gasteiger partial charge in [-0.05, 0) is 63.5 Å². The third-order valence-electron chi connectivity index (χ3n) is 4.05. The summed E-state index contributed by atoms with van der Waals surface area (Å²) < 4.78 is 37.8. The smallest absolute Gasteiger partial charge is 0.326 e. The number of carbonyl (C=O) groups is 1. The molecule has 128 valence electrons. The van der Waals surface area contributed by atoms with Gasteiger partial charge in [-0.2, -0.15) is 13.2 Å². The van der Waals surface area contributed by atoms with Crippen LogP contribution >= 0.6 is 0 Å². The molecule has 0 aromatic heterocycles. The molecule has 0 saturated carbocycles. The van der Waals surface area contributed by atoms with E-state index in [4.69, 9.17) is 0 Å². The summed E-state index contributed by atoms with van der Waals surface area (Å²) in [7, 11) is 0. The van der Waals surface area contributed by atoms with Gasteiger partial charge < -0.3 is 10.2 Å². The number of halogens is 3. The lowest BCUT2D eigenvalue weighted by Gasteiger charge is -2.26. The van der Waals surface area contributed by atoms with E-state index in [1.807, 2.05) is 0 Å². The van der Waals surface area contributed by atoms with Crippen LogP contribution in [-0.2, 0) is 11.0 Å². The van der Waals surface area contributed by atoms with Crippen LogP contribution in [0, 0.1) is 0 Å². The van der Waals surface area contributed by atoms with Crippen molar-refractivity contribution in [2.45, 2.75) is 44.7 Å². The Hall–Kier alpha value is -1.56. The zero-order chi connectivity index (χ0) is 16.7. The second kappa shape index (κ2) is 8.34. The lowest BCUT2D eigenvalue weighted by atomic mass is 10.1. The molecule has 6 heteroatoms. The van der Waals surface area contributed by atoms with E-state index in [2.05, 4.69) is 10.2 Å². The fraction of sp³-hybridized carbons (Fsp3) is 0.588. The lowest BCUT2D eigenvalue weighted by molar-refractivity contribution is -0.137. The number of nitrogens with zero attached hydrogens (tertiary/aromatic N) is 1. The van der Waals surface area contributed by atoms with Crippen molar-refractivity contribution in [1.82, 2.24) is 4.90 Å². The van der Waals surface area contributed by atoms with E-state index in [0.717, 1.165) is 44.6 Å². The molecule has 23 heavy (non-hydrogen) atoms. The highest BCUT2D eigenvalue weighted by atomic mass is 19.4. The number of carbonyl (C=O) groups excluding carboxylic acids is 1. The van der Waals surface area contributed by atoms with Crippen LogP contribution in [0.4, 0.5) is 18.9 Å². The molecule has 0 bridgehead atoms. The molecular weight excluding hydrogens is 305 g/mol. The minimum Gasteiger partial charge on any atom is -0.326 e. The van der Waals surface area contributed by atoms with E-state index < -0.39 is 11.7 Å². The van der Waals surface area contributed by atoms with Crippen molar-refractivity contribution in [2.24, 2.45) is 0 Å². The second-order valence-electron chi connectivity index (χ2n) is 5.99. The van der Waals surface area contributed by atoms with E-state index in [9.17, 15) is 18.0 Å². The van der Waals surface area contributed by atoms with Crippen molar-refractivity contribution in [3.8, 4) is 0 Å². The van der Waals surface area contributed by atoms with Gasteiger partial charge in [-0.3, -0.25) is 4.79 Å². The standard InChI is InChI=1S/C17H23F3N2O/c18-17(19,20)14-7-6-8-15(13-14)21-16(23)9-2-5-12-22-10-3-1-4-11-22/h6-8,13H,1-5,9-12H2,(H,21,23). The molecule has 0 spiro atoms. The summed E-state index contributed by atoms with van der Waals surface area (Å²) in [5, 5.41) is 2.54. The van der Waals surface area contributed by atoms with Crippen LogP contribution in [0.3, 0.4) is 0 Å². The average molecular weight is 328 g/mol. The van der Waals surface area contributed by atoms with Crippen LogP contribution in [0.25, 0.3) is 0 Å². The Kier molecular flexibility index (Phi) is 6.45. The number of piperidine rings is 1. The first-order chi connectivity index (χ1) is 10.9. The number of likely N-dealkylation sites (tertiary alicyclic amines) is 1. The molecular formula is C17H23F3N2O. The number of rotatable bonds is 6. The zero-order valence-corrected chi connectivity index (χ0v) is 13.2. The van der Waals surface area contributed by atoms with Crippen LogP contribution in [0.2, 0.25) is 0 Å². The fourth-order valence-electron chi connectivity index (χ4n) is 2.80. The van der Waals surface area contributed by atoms with Crippen molar-refractivity contribution < 1.29 is 18.0 Å². The molecule has 0 atom stereocenters. The van der Waals surface area contributed by atoms with Crippen molar-refractivity contribution in [3.63, 3.8) is 0 Å². The number of benzene rings is 1. The van der Waals surface area contributed by atoms with Gasteiger partial charge in [0, 0.05) is 12.1 Å². The molecule has 1 aliphatic rings. The molecule has 3 nitrogen and oxygen atoms in total. The Labute approximate surface area is 134 Å². The first-order valence-corrected chi connectivity index (χ1v) is 8.14. The number of hydrogen-bond acceptors (Lipinski definition) is 2. The fourth-order valence-corrected chi connectivity index (χ4v) is 2.80. The van der Waals surface area contributed by atoms with E-state index in [1.165, 1.54) is 31.4 Å². The molecule has 0 aliphatic carbocycles. The van der Waals surface area contributed by atoms with Crippen LogP contribution in [0.15, 0.2) is 24.3 Å². The molecule has 2 rings (SSSR count). The summed E-state index contributed by atoms with van der Waals surface area (Å²) >= 11 is 0. The van der Waals surface area contributed by atoms with Gasteiger partial charge >= 0.3 is 6.18 Å². The molecule has 1 aromatic carbocycles. The maximum absolute atomic E-state index is 12.6. The summed E-state index contributed by atoms with van der Waals surface area (Å²) in [6, 6.07) is 4.73. The van der Waals surface area contributed by atoms with Gasteiger partial charge in [0.05, 0.1) is 5.56 Å². The second-order valence-corrected chi connectivity index (χ2v) is 5.99. The van der Waals surface area contributed by atoms with E-state index in [-0.39, 0.29) is 11.6 Å². The summed E-state index contributed by atoms with van der Waals surface area (Å²) in [5.41, 5.74) is -0.554. The van der Waals surface area contributed by atoms with Gasteiger partial charge in [0.2, 0.25) is 5.91 Å². The van der Waals surface area contributed by atoms with E-state index in [1.54, 1.807) is 0 Å². The van der Waals surface area contributed by atoms with Crippen molar-refractivity contribution in [3.05, 3.63) is 29.8 Å². The monoisotopic (exact) mass is 328 g/mol. The SMILES string of the molecule is O=C(CCCCN1CCCCC1)Nc1cccc(C(F)(F)F)c1. The molecule has 0 radical (unpaired) electrons.